The largest absolute Gasteiger partial charge is 0.435 e. The summed E-state index contributed by atoms with van der Waals surface area (Å²) in [5.74, 6) is 2.53. The second kappa shape index (κ2) is 11.2. The number of benzene rings is 2. The van der Waals surface area contributed by atoms with E-state index in [9.17, 15) is 13.6 Å². The molecule has 0 unspecified atom stereocenters. The number of carbonyl (C=O) groups excluding carboxylic acids is 1. The highest BCUT2D eigenvalue weighted by Crippen LogP contribution is 2.17. The summed E-state index contributed by atoms with van der Waals surface area (Å²) >= 11 is 2.01. The predicted octanol–water partition coefficient (Wildman–Crippen LogP) is 4.54. The van der Waals surface area contributed by atoms with Gasteiger partial charge in [-0.15, -0.1) is 0 Å². The van der Waals surface area contributed by atoms with E-state index in [-0.39, 0.29) is 11.8 Å². The second-order valence-corrected chi connectivity index (χ2v) is 8.43. The third-order valence-corrected chi connectivity index (χ3v) is 5.88. The van der Waals surface area contributed by atoms with Crippen molar-refractivity contribution in [3.63, 3.8) is 0 Å². The fourth-order valence-electron chi connectivity index (χ4n) is 3.21. The molecule has 1 N–H and O–H groups in total. The number of halogens is 2. The molecule has 1 aliphatic heterocycles. The molecule has 0 aromatic heterocycles. The number of urea groups is 1. The Bertz CT molecular complexity index is 797. The van der Waals surface area contributed by atoms with Gasteiger partial charge in [0.05, 0.1) is 0 Å². The minimum Gasteiger partial charge on any atom is -0.435 e. The van der Waals surface area contributed by atoms with Crippen molar-refractivity contribution in [2.75, 3.05) is 43.5 Å². The summed E-state index contributed by atoms with van der Waals surface area (Å²) in [6, 6.07) is 14.0. The molecule has 5 nitrogen and oxygen atoms in total. The number of alkyl halides is 2. The maximum absolute atomic E-state index is 12.4. The van der Waals surface area contributed by atoms with Crippen molar-refractivity contribution in [3.05, 3.63) is 59.7 Å². The Morgan fingerprint density at radius 3 is 2.37 bits per heavy atom. The zero-order valence-corrected chi connectivity index (χ0v) is 17.8. The van der Waals surface area contributed by atoms with Crippen LogP contribution in [0.15, 0.2) is 48.5 Å². The minimum absolute atomic E-state index is 0.0973. The Kier molecular flexibility index (Phi) is 8.33. The van der Waals surface area contributed by atoms with Gasteiger partial charge in [-0.3, -0.25) is 0 Å². The summed E-state index contributed by atoms with van der Waals surface area (Å²) in [7, 11) is 1.68. The van der Waals surface area contributed by atoms with E-state index in [1.54, 1.807) is 19.2 Å². The average Bonchev–Trinajstić information content (AvgIpc) is 2.75. The predicted molar refractivity (Wildman–Crippen MR) is 117 cm³/mol. The fourth-order valence-corrected chi connectivity index (χ4v) is 4.19. The molecular weight excluding hydrogens is 408 g/mol. The van der Waals surface area contributed by atoms with Crippen LogP contribution in [0.2, 0.25) is 0 Å². The third kappa shape index (κ3) is 7.18. The van der Waals surface area contributed by atoms with E-state index in [1.165, 1.54) is 34.1 Å². The van der Waals surface area contributed by atoms with Gasteiger partial charge in [0.15, 0.2) is 0 Å². The van der Waals surface area contributed by atoms with Gasteiger partial charge in [-0.2, -0.15) is 20.5 Å². The van der Waals surface area contributed by atoms with Crippen LogP contribution >= 0.6 is 11.8 Å². The number of anilines is 1. The van der Waals surface area contributed by atoms with Gasteiger partial charge < -0.3 is 19.9 Å². The Morgan fingerprint density at radius 2 is 1.73 bits per heavy atom. The summed E-state index contributed by atoms with van der Waals surface area (Å²) in [4.78, 5) is 16.5. The third-order valence-electron chi connectivity index (χ3n) is 4.94. The van der Waals surface area contributed by atoms with Crippen LogP contribution in [0.4, 0.5) is 19.3 Å². The Morgan fingerprint density at radius 1 is 1.10 bits per heavy atom. The number of nitrogens with one attached hydrogen (secondary N) is 1. The molecule has 2 aromatic rings. The number of ether oxygens (including phenoxy) is 1. The van der Waals surface area contributed by atoms with E-state index in [0.29, 0.717) is 6.54 Å². The summed E-state index contributed by atoms with van der Waals surface area (Å²) in [6.07, 6.45) is 1.00. The molecule has 2 aromatic carbocycles. The van der Waals surface area contributed by atoms with Crippen molar-refractivity contribution in [1.29, 1.82) is 0 Å². The lowest BCUT2D eigenvalue weighted by Crippen LogP contribution is -2.34. The Balaban J connectivity index is 1.45. The van der Waals surface area contributed by atoms with Crippen LogP contribution < -0.4 is 10.1 Å². The first kappa shape index (κ1) is 22.4. The van der Waals surface area contributed by atoms with Crippen molar-refractivity contribution in [1.82, 2.24) is 9.80 Å². The molecule has 3 rings (SSSR count). The van der Waals surface area contributed by atoms with E-state index < -0.39 is 6.61 Å². The van der Waals surface area contributed by atoms with Crippen LogP contribution in [0.1, 0.15) is 11.1 Å². The van der Waals surface area contributed by atoms with E-state index in [1.807, 2.05) is 23.9 Å². The second-order valence-electron chi connectivity index (χ2n) is 7.21. The average molecular weight is 436 g/mol. The molecule has 30 heavy (non-hydrogen) atoms. The van der Waals surface area contributed by atoms with Crippen LogP contribution in [0.3, 0.4) is 0 Å². The number of rotatable bonds is 8. The van der Waals surface area contributed by atoms with E-state index >= 15 is 0 Å². The molecule has 8 heteroatoms. The van der Waals surface area contributed by atoms with E-state index in [0.717, 1.165) is 37.3 Å². The first-order valence-corrected chi connectivity index (χ1v) is 11.1. The van der Waals surface area contributed by atoms with Gasteiger partial charge in [0.1, 0.15) is 5.75 Å². The molecule has 0 saturated carbocycles. The van der Waals surface area contributed by atoms with Crippen LogP contribution in [-0.4, -0.2) is 60.6 Å². The van der Waals surface area contributed by atoms with Crippen molar-refractivity contribution in [3.8, 4) is 5.75 Å². The lowest BCUT2D eigenvalue weighted by atomic mass is 10.1. The highest BCUT2D eigenvalue weighted by molar-refractivity contribution is 7.99. The topological polar surface area (TPSA) is 44.8 Å². The van der Waals surface area contributed by atoms with Crippen molar-refractivity contribution < 1.29 is 18.3 Å². The Hall–Kier alpha value is -2.32. The highest BCUT2D eigenvalue weighted by atomic mass is 32.2. The quantitative estimate of drug-likeness (QED) is 0.661. The number of hydrogen-bond acceptors (Lipinski definition) is 4. The lowest BCUT2D eigenvalue weighted by molar-refractivity contribution is -0.0498. The van der Waals surface area contributed by atoms with E-state index in [4.69, 9.17) is 0 Å². The zero-order valence-electron chi connectivity index (χ0n) is 17.0. The van der Waals surface area contributed by atoms with Crippen molar-refractivity contribution in [2.45, 2.75) is 19.6 Å². The molecule has 0 bridgehead atoms. The summed E-state index contributed by atoms with van der Waals surface area (Å²) < 4.78 is 28.8. The first-order valence-electron chi connectivity index (χ1n) is 9.94. The molecule has 1 saturated heterocycles. The summed E-state index contributed by atoms with van der Waals surface area (Å²) in [5.41, 5.74) is 2.82. The van der Waals surface area contributed by atoms with Gasteiger partial charge in [-0.1, -0.05) is 24.3 Å². The zero-order chi connectivity index (χ0) is 21.3. The van der Waals surface area contributed by atoms with Gasteiger partial charge in [-0.25, -0.2) is 4.79 Å². The normalized spacial score (nSPS) is 14.5. The summed E-state index contributed by atoms with van der Waals surface area (Å²) in [6.45, 7) is 0.892. The number of amides is 2. The molecule has 0 radical (unpaired) electrons. The molecule has 1 fully saturated rings. The van der Waals surface area contributed by atoms with Crippen LogP contribution in [0.5, 0.6) is 5.75 Å². The van der Waals surface area contributed by atoms with Crippen LogP contribution in [0.25, 0.3) is 0 Å². The minimum atomic E-state index is -2.85. The molecule has 0 aliphatic carbocycles. The highest BCUT2D eigenvalue weighted by Gasteiger charge is 2.12. The monoisotopic (exact) mass is 435 g/mol. The number of hydrogen-bond donors (Lipinski definition) is 1. The first-order chi connectivity index (χ1) is 14.5. The van der Waals surface area contributed by atoms with Gasteiger partial charge in [0, 0.05) is 50.4 Å². The van der Waals surface area contributed by atoms with E-state index in [2.05, 4.69) is 27.1 Å². The number of thioether (sulfide) groups is 1. The smallest absolute Gasteiger partial charge is 0.387 e. The standard InChI is InChI=1S/C22H27F2N3O2S/c1-26(16-18-4-8-20(9-5-18)29-21(23)24)22(28)25-19-6-2-17(3-7-19)10-11-27-12-14-30-15-13-27/h2-9,21H,10-16H2,1H3,(H,25,28). The lowest BCUT2D eigenvalue weighted by Gasteiger charge is -2.26. The SMILES string of the molecule is CN(Cc1ccc(OC(F)F)cc1)C(=O)Nc1ccc(CCN2CCSCC2)cc1. The van der Waals surface area contributed by atoms with Gasteiger partial charge in [0.25, 0.3) is 0 Å². The van der Waals surface area contributed by atoms with Crippen LogP contribution in [0, 0.1) is 0 Å². The van der Waals surface area contributed by atoms with Gasteiger partial charge in [-0.05, 0) is 41.8 Å². The van der Waals surface area contributed by atoms with Crippen molar-refractivity contribution in [2.24, 2.45) is 0 Å². The summed E-state index contributed by atoms with van der Waals surface area (Å²) in [5, 5.41) is 2.88. The molecule has 2 amide bonds. The van der Waals surface area contributed by atoms with Gasteiger partial charge in [0.2, 0.25) is 0 Å². The van der Waals surface area contributed by atoms with Crippen molar-refractivity contribution >= 4 is 23.5 Å². The maximum Gasteiger partial charge on any atom is 0.387 e. The molecule has 1 heterocycles. The van der Waals surface area contributed by atoms with Gasteiger partial charge >= 0.3 is 12.6 Å². The maximum atomic E-state index is 12.4. The Labute approximate surface area is 180 Å². The molecule has 0 atom stereocenters. The van der Waals surface area contributed by atoms with Crippen LogP contribution in [-0.2, 0) is 13.0 Å². The number of nitrogens with zero attached hydrogens (tertiary/aromatic N) is 2. The number of carbonyl (C=O) groups is 1. The molecule has 162 valence electrons. The molecular formula is C22H27F2N3O2S. The fraction of sp³-hybridized carbons (Fsp3) is 0.409. The molecule has 1 aliphatic rings. The molecule has 0 spiro atoms.